The monoisotopic (exact) mass is 413 g/mol. The van der Waals surface area contributed by atoms with Gasteiger partial charge in [-0.25, -0.2) is 4.79 Å². The lowest BCUT2D eigenvalue weighted by molar-refractivity contribution is -0.121. The molecule has 0 unspecified atom stereocenters. The van der Waals surface area contributed by atoms with Gasteiger partial charge in [-0.3, -0.25) is 9.69 Å². The van der Waals surface area contributed by atoms with E-state index >= 15 is 0 Å². The van der Waals surface area contributed by atoms with Gasteiger partial charge in [0.15, 0.2) is 11.5 Å². The predicted molar refractivity (Wildman–Crippen MR) is 115 cm³/mol. The van der Waals surface area contributed by atoms with Crippen molar-refractivity contribution in [1.29, 1.82) is 0 Å². The number of likely N-dealkylation sites (N-methyl/N-ethyl adjacent to an activating group) is 1. The van der Waals surface area contributed by atoms with E-state index in [4.69, 9.17) is 21.7 Å². The summed E-state index contributed by atoms with van der Waals surface area (Å²) in [7, 11) is 1.65. The minimum absolute atomic E-state index is 0.136. The molecule has 2 aromatic carbocycles. The standard InChI is InChI=1S/C21H19NO4S2/c1-4-25-17-11-14(12-18-19(23)22(3)21(27)28-18)8-9-16(17)26-20(24)15-7-5-6-13(2)10-15/h5-12H,4H2,1-3H3. The molecule has 28 heavy (non-hydrogen) atoms. The number of carbonyl (C=O) groups excluding carboxylic acids is 2. The van der Waals surface area contributed by atoms with Crippen LogP contribution < -0.4 is 9.47 Å². The fraction of sp³-hybridized carbons (Fsp3) is 0.190. The first-order valence-corrected chi connectivity index (χ1v) is 9.88. The lowest BCUT2D eigenvalue weighted by Crippen LogP contribution is -2.22. The Morgan fingerprint density at radius 2 is 2.00 bits per heavy atom. The number of esters is 1. The van der Waals surface area contributed by atoms with Gasteiger partial charge in [-0.2, -0.15) is 0 Å². The van der Waals surface area contributed by atoms with Gasteiger partial charge in [0, 0.05) is 7.05 Å². The van der Waals surface area contributed by atoms with Crippen LogP contribution in [-0.2, 0) is 4.79 Å². The molecular weight excluding hydrogens is 394 g/mol. The summed E-state index contributed by atoms with van der Waals surface area (Å²) in [4.78, 5) is 26.6. The van der Waals surface area contributed by atoms with Crippen molar-refractivity contribution in [2.75, 3.05) is 13.7 Å². The highest BCUT2D eigenvalue weighted by molar-refractivity contribution is 8.26. The molecule has 1 amide bonds. The number of ether oxygens (including phenoxy) is 2. The number of benzene rings is 2. The number of hydrogen-bond donors (Lipinski definition) is 0. The number of thioether (sulfide) groups is 1. The van der Waals surface area contributed by atoms with Crippen molar-refractivity contribution in [2.24, 2.45) is 0 Å². The van der Waals surface area contributed by atoms with Gasteiger partial charge in [-0.05, 0) is 49.8 Å². The van der Waals surface area contributed by atoms with E-state index in [2.05, 4.69) is 0 Å². The molecule has 3 rings (SSSR count). The van der Waals surface area contributed by atoms with Crippen molar-refractivity contribution in [3.8, 4) is 11.5 Å². The van der Waals surface area contributed by atoms with Crippen LogP contribution in [0.2, 0.25) is 0 Å². The Balaban J connectivity index is 1.86. The topological polar surface area (TPSA) is 55.8 Å². The van der Waals surface area contributed by atoms with Crippen molar-refractivity contribution in [3.63, 3.8) is 0 Å². The minimum atomic E-state index is -0.454. The second-order valence-corrected chi connectivity index (χ2v) is 7.81. The summed E-state index contributed by atoms with van der Waals surface area (Å²) in [5.74, 6) is 0.171. The number of thiocarbonyl (C=S) groups is 1. The van der Waals surface area contributed by atoms with Crippen LogP contribution in [0.15, 0.2) is 47.4 Å². The number of nitrogens with zero attached hydrogens (tertiary/aromatic N) is 1. The van der Waals surface area contributed by atoms with E-state index in [0.29, 0.717) is 32.9 Å². The Bertz CT molecular complexity index is 984. The molecule has 1 heterocycles. The van der Waals surface area contributed by atoms with Crippen LogP contribution in [0.3, 0.4) is 0 Å². The number of carbonyl (C=O) groups is 2. The highest BCUT2D eigenvalue weighted by Gasteiger charge is 2.28. The van der Waals surface area contributed by atoms with Gasteiger partial charge in [0.05, 0.1) is 17.1 Å². The number of rotatable bonds is 5. The van der Waals surface area contributed by atoms with Crippen LogP contribution in [0.25, 0.3) is 6.08 Å². The van der Waals surface area contributed by atoms with Gasteiger partial charge >= 0.3 is 5.97 Å². The van der Waals surface area contributed by atoms with E-state index in [0.717, 1.165) is 11.1 Å². The molecule has 0 radical (unpaired) electrons. The summed E-state index contributed by atoms with van der Waals surface area (Å²) in [5, 5.41) is 0. The number of hydrogen-bond acceptors (Lipinski definition) is 6. The van der Waals surface area contributed by atoms with Crippen molar-refractivity contribution in [1.82, 2.24) is 4.90 Å². The normalized spacial score (nSPS) is 15.2. The predicted octanol–water partition coefficient (Wildman–Crippen LogP) is 4.44. The van der Waals surface area contributed by atoms with Crippen LogP contribution in [-0.4, -0.2) is 34.8 Å². The molecule has 5 nitrogen and oxygen atoms in total. The van der Waals surface area contributed by atoms with Gasteiger partial charge < -0.3 is 9.47 Å². The maximum Gasteiger partial charge on any atom is 0.343 e. The first-order valence-electron chi connectivity index (χ1n) is 8.66. The summed E-state index contributed by atoms with van der Waals surface area (Å²) < 4.78 is 11.7. The Kier molecular flexibility index (Phi) is 6.16. The molecule has 0 saturated carbocycles. The summed E-state index contributed by atoms with van der Waals surface area (Å²) in [6.45, 7) is 4.17. The quantitative estimate of drug-likeness (QED) is 0.313. The molecular formula is C21H19NO4S2. The average molecular weight is 414 g/mol. The zero-order valence-corrected chi connectivity index (χ0v) is 17.4. The third-order valence-electron chi connectivity index (χ3n) is 4.01. The summed E-state index contributed by atoms with van der Waals surface area (Å²) >= 11 is 6.40. The van der Waals surface area contributed by atoms with Crippen molar-refractivity contribution in [3.05, 3.63) is 64.1 Å². The van der Waals surface area contributed by atoms with Gasteiger partial charge in [0.25, 0.3) is 5.91 Å². The summed E-state index contributed by atoms with van der Waals surface area (Å²) in [5.41, 5.74) is 2.20. The Hall–Kier alpha value is -2.64. The van der Waals surface area contributed by atoms with Crippen LogP contribution in [0, 0.1) is 6.92 Å². The molecule has 7 heteroatoms. The van der Waals surface area contributed by atoms with E-state index in [1.807, 2.05) is 26.0 Å². The molecule has 1 aliphatic rings. The highest BCUT2D eigenvalue weighted by atomic mass is 32.2. The third kappa shape index (κ3) is 4.43. The molecule has 1 saturated heterocycles. The summed E-state index contributed by atoms with van der Waals surface area (Å²) in [6.07, 6.45) is 1.75. The van der Waals surface area contributed by atoms with Crippen LogP contribution in [0.4, 0.5) is 0 Å². The number of amides is 1. The van der Waals surface area contributed by atoms with Gasteiger partial charge in [0.1, 0.15) is 4.32 Å². The molecule has 2 aromatic rings. The Morgan fingerprint density at radius 1 is 1.21 bits per heavy atom. The maximum atomic E-state index is 12.4. The van der Waals surface area contributed by atoms with Gasteiger partial charge in [0.2, 0.25) is 0 Å². The largest absolute Gasteiger partial charge is 0.490 e. The molecule has 1 aliphatic heterocycles. The van der Waals surface area contributed by atoms with Crippen LogP contribution >= 0.6 is 24.0 Å². The molecule has 0 N–H and O–H groups in total. The maximum absolute atomic E-state index is 12.4. The molecule has 0 bridgehead atoms. The SMILES string of the molecule is CCOc1cc(C=C2SC(=S)N(C)C2=O)ccc1OC(=O)c1cccc(C)c1. The van der Waals surface area contributed by atoms with Crippen molar-refractivity contribution in [2.45, 2.75) is 13.8 Å². The molecule has 0 aromatic heterocycles. The van der Waals surface area contributed by atoms with Gasteiger partial charge in [-0.15, -0.1) is 0 Å². The van der Waals surface area contributed by atoms with E-state index in [1.54, 1.807) is 43.5 Å². The van der Waals surface area contributed by atoms with Gasteiger partial charge in [-0.1, -0.05) is 47.7 Å². The molecule has 0 spiro atoms. The lowest BCUT2D eigenvalue weighted by atomic mass is 10.1. The molecule has 144 valence electrons. The first kappa shape index (κ1) is 20.1. The molecule has 1 fully saturated rings. The van der Waals surface area contributed by atoms with E-state index in [-0.39, 0.29) is 5.91 Å². The zero-order chi connectivity index (χ0) is 20.3. The van der Waals surface area contributed by atoms with Crippen molar-refractivity contribution >= 4 is 46.3 Å². The summed E-state index contributed by atoms with van der Waals surface area (Å²) in [6, 6.07) is 12.4. The third-order valence-corrected chi connectivity index (χ3v) is 5.49. The molecule has 0 aliphatic carbocycles. The average Bonchev–Trinajstić information content (AvgIpc) is 2.90. The van der Waals surface area contributed by atoms with Crippen molar-refractivity contribution < 1.29 is 19.1 Å². The second kappa shape index (κ2) is 8.58. The molecule has 0 atom stereocenters. The first-order chi connectivity index (χ1) is 13.4. The Labute approximate surface area is 173 Å². The zero-order valence-electron chi connectivity index (χ0n) is 15.7. The van der Waals surface area contributed by atoms with E-state index in [1.165, 1.54) is 16.7 Å². The fourth-order valence-corrected chi connectivity index (χ4v) is 3.77. The highest BCUT2D eigenvalue weighted by Crippen LogP contribution is 2.34. The van der Waals surface area contributed by atoms with E-state index in [9.17, 15) is 9.59 Å². The second-order valence-electron chi connectivity index (χ2n) is 6.14. The fourth-order valence-electron chi connectivity index (χ4n) is 2.59. The minimum Gasteiger partial charge on any atom is -0.490 e. The Morgan fingerprint density at radius 3 is 2.64 bits per heavy atom. The lowest BCUT2D eigenvalue weighted by Gasteiger charge is -2.12. The van der Waals surface area contributed by atoms with Crippen LogP contribution in [0.5, 0.6) is 11.5 Å². The number of aryl methyl sites for hydroxylation is 1. The van der Waals surface area contributed by atoms with Crippen LogP contribution in [0.1, 0.15) is 28.4 Å². The smallest absolute Gasteiger partial charge is 0.343 e. The van der Waals surface area contributed by atoms with E-state index < -0.39 is 5.97 Å².